The Morgan fingerprint density at radius 3 is 1.62 bits per heavy atom. The minimum absolute atomic E-state index is 0.0491. The number of nitrogens with zero attached hydrogens (tertiary/aromatic N) is 2. The van der Waals surface area contributed by atoms with Gasteiger partial charge in [-0.15, -0.1) is 0 Å². The van der Waals surface area contributed by atoms with Crippen LogP contribution < -0.4 is 0 Å². The fourth-order valence-corrected chi connectivity index (χ4v) is 5.02. The maximum atomic E-state index is 12.7. The standard InChI is InChI=1S/C33H64N2O7/c1-7-9-11-13-15-17-25-38-31-28(27-40-29(36)21-19-23-34(3)4)41-33(42-30(37)22-20-24-35(5)6)32(31)39-26-18-16-14-12-10-8-2/h28,31-33H,7-27H2,1-6H3/t28-,31+,32+,33+/m1/s1. The second-order valence-electron chi connectivity index (χ2n) is 12.2. The van der Waals surface area contributed by atoms with Crippen LogP contribution in [0.1, 0.15) is 117 Å². The Bertz CT molecular complexity index is 677. The molecular formula is C33H64N2O7. The molecule has 0 bridgehead atoms. The Morgan fingerprint density at radius 2 is 1.10 bits per heavy atom. The average Bonchev–Trinajstić information content (AvgIpc) is 3.25. The number of carbonyl (C=O) groups is 2. The first kappa shape index (κ1) is 38.8. The minimum atomic E-state index is -0.885. The molecule has 248 valence electrons. The molecule has 0 spiro atoms. The third-order valence-electron chi connectivity index (χ3n) is 7.51. The van der Waals surface area contributed by atoms with E-state index in [0.29, 0.717) is 32.5 Å². The van der Waals surface area contributed by atoms with Crippen molar-refractivity contribution in [1.82, 2.24) is 9.80 Å². The van der Waals surface area contributed by atoms with Gasteiger partial charge < -0.3 is 33.5 Å². The number of hydrogen-bond acceptors (Lipinski definition) is 9. The number of esters is 2. The van der Waals surface area contributed by atoms with E-state index >= 15 is 0 Å². The quantitative estimate of drug-likeness (QED) is 0.0836. The van der Waals surface area contributed by atoms with Gasteiger partial charge in [-0.1, -0.05) is 78.1 Å². The van der Waals surface area contributed by atoms with Crippen LogP contribution in [0.3, 0.4) is 0 Å². The molecule has 0 N–H and O–H groups in total. The van der Waals surface area contributed by atoms with Gasteiger partial charge in [0.1, 0.15) is 24.9 Å². The van der Waals surface area contributed by atoms with Crippen molar-refractivity contribution in [3.63, 3.8) is 0 Å². The third-order valence-corrected chi connectivity index (χ3v) is 7.51. The summed E-state index contributed by atoms with van der Waals surface area (Å²) in [5.74, 6) is -0.574. The van der Waals surface area contributed by atoms with E-state index in [9.17, 15) is 9.59 Å². The van der Waals surface area contributed by atoms with Gasteiger partial charge in [0.05, 0.1) is 0 Å². The molecule has 9 heteroatoms. The van der Waals surface area contributed by atoms with Crippen molar-refractivity contribution in [2.75, 3.05) is 61.1 Å². The Hall–Kier alpha value is -1.26. The molecule has 0 amide bonds. The van der Waals surface area contributed by atoms with Gasteiger partial charge in [-0.05, 0) is 67.0 Å². The number of unbranched alkanes of at least 4 members (excludes halogenated alkanes) is 10. The van der Waals surface area contributed by atoms with Crippen molar-refractivity contribution in [1.29, 1.82) is 0 Å². The van der Waals surface area contributed by atoms with Gasteiger partial charge in [0, 0.05) is 26.1 Å². The Labute approximate surface area is 257 Å². The summed E-state index contributed by atoms with van der Waals surface area (Å²) in [6.07, 6.45) is 13.5. The first-order chi connectivity index (χ1) is 20.3. The first-order valence-electron chi connectivity index (χ1n) is 16.8. The van der Waals surface area contributed by atoms with Crippen LogP contribution in [0.25, 0.3) is 0 Å². The lowest BCUT2D eigenvalue weighted by Gasteiger charge is -2.24. The topological polar surface area (TPSA) is 86.8 Å². The van der Waals surface area contributed by atoms with Gasteiger partial charge in [0.25, 0.3) is 0 Å². The molecule has 4 atom stereocenters. The average molecular weight is 601 g/mol. The molecule has 1 aliphatic heterocycles. The highest BCUT2D eigenvalue weighted by molar-refractivity contribution is 5.69. The number of ether oxygens (including phenoxy) is 5. The molecule has 0 aromatic carbocycles. The summed E-state index contributed by atoms with van der Waals surface area (Å²) in [6, 6.07) is 0. The van der Waals surface area contributed by atoms with Crippen molar-refractivity contribution < 1.29 is 33.3 Å². The minimum Gasteiger partial charge on any atom is -0.463 e. The van der Waals surface area contributed by atoms with Crippen LogP contribution in [0.4, 0.5) is 0 Å². The normalized spacial score (nSPS) is 20.5. The molecule has 1 heterocycles. The van der Waals surface area contributed by atoms with E-state index in [1.54, 1.807) is 0 Å². The van der Waals surface area contributed by atoms with Crippen LogP contribution in [0.5, 0.6) is 0 Å². The zero-order chi connectivity index (χ0) is 31.0. The summed E-state index contributed by atoms with van der Waals surface area (Å²) < 4.78 is 30.3. The van der Waals surface area contributed by atoms with E-state index in [1.807, 2.05) is 38.0 Å². The lowest BCUT2D eigenvalue weighted by molar-refractivity contribution is -0.197. The lowest BCUT2D eigenvalue weighted by atomic mass is 10.1. The van der Waals surface area contributed by atoms with E-state index in [0.717, 1.165) is 45.2 Å². The molecule has 1 saturated heterocycles. The maximum absolute atomic E-state index is 12.7. The SMILES string of the molecule is CCCCCCCCO[C@@H]1[C@H](OC(=O)CCCN(C)C)O[C@H](COC(=O)CCCN(C)C)[C@@H]1OCCCCCCCC. The monoisotopic (exact) mass is 600 g/mol. The Kier molecular flexibility index (Phi) is 23.2. The molecule has 0 aliphatic carbocycles. The van der Waals surface area contributed by atoms with Crippen LogP contribution in [-0.2, 0) is 33.3 Å². The zero-order valence-electron chi connectivity index (χ0n) is 27.9. The van der Waals surface area contributed by atoms with E-state index in [2.05, 4.69) is 13.8 Å². The molecule has 0 radical (unpaired) electrons. The van der Waals surface area contributed by atoms with Crippen LogP contribution in [-0.4, -0.2) is 107 Å². The van der Waals surface area contributed by atoms with Crippen LogP contribution in [0.2, 0.25) is 0 Å². The second kappa shape index (κ2) is 25.1. The van der Waals surface area contributed by atoms with Gasteiger partial charge in [-0.25, -0.2) is 0 Å². The first-order valence-corrected chi connectivity index (χ1v) is 16.8. The van der Waals surface area contributed by atoms with E-state index in [-0.39, 0.29) is 18.5 Å². The van der Waals surface area contributed by atoms with Gasteiger partial charge in [0.15, 0.2) is 0 Å². The molecule has 9 nitrogen and oxygen atoms in total. The Balaban J connectivity index is 2.84. The molecular weight excluding hydrogens is 536 g/mol. The van der Waals surface area contributed by atoms with Crippen LogP contribution in [0, 0.1) is 0 Å². The summed E-state index contributed by atoms with van der Waals surface area (Å²) >= 11 is 0. The van der Waals surface area contributed by atoms with Crippen LogP contribution >= 0.6 is 0 Å². The fraction of sp³-hybridized carbons (Fsp3) is 0.939. The third kappa shape index (κ3) is 19.1. The van der Waals surface area contributed by atoms with Crippen molar-refractivity contribution in [3.8, 4) is 0 Å². The smallest absolute Gasteiger partial charge is 0.308 e. The van der Waals surface area contributed by atoms with Crippen molar-refractivity contribution in [3.05, 3.63) is 0 Å². The van der Waals surface area contributed by atoms with Crippen LogP contribution in [0.15, 0.2) is 0 Å². The largest absolute Gasteiger partial charge is 0.463 e. The highest BCUT2D eigenvalue weighted by Gasteiger charge is 2.49. The van der Waals surface area contributed by atoms with Gasteiger partial charge in [-0.3, -0.25) is 9.59 Å². The van der Waals surface area contributed by atoms with Gasteiger partial charge in [0.2, 0.25) is 6.29 Å². The molecule has 0 aromatic rings. The summed E-state index contributed by atoms with van der Waals surface area (Å²) in [6.45, 7) is 7.21. The van der Waals surface area contributed by atoms with E-state index in [1.165, 1.54) is 51.4 Å². The van der Waals surface area contributed by atoms with Gasteiger partial charge in [-0.2, -0.15) is 0 Å². The maximum Gasteiger partial charge on any atom is 0.308 e. The molecule has 1 aliphatic rings. The summed E-state index contributed by atoms with van der Waals surface area (Å²) in [5, 5.41) is 0. The highest BCUT2D eigenvalue weighted by Crippen LogP contribution is 2.29. The highest BCUT2D eigenvalue weighted by atomic mass is 16.7. The number of rotatable bonds is 27. The fourth-order valence-electron chi connectivity index (χ4n) is 5.02. The molecule has 0 unspecified atom stereocenters. The molecule has 1 rings (SSSR count). The second-order valence-corrected chi connectivity index (χ2v) is 12.2. The molecule has 0 saturated carbocycles. The molecule has 42 heavy (non-hydrogen) atoms. The van der Waals surface area contributed by atoms with Crippen molar-refractivity contribution >= 4 is 11.9 Å². The Morgan fingerprint density at radius 1 is 0.619 bits per heavy atom. The predicted molar refractivity (Wildman–Crippen MR) is 168 cm³/mol. The molecule has 0 aromatic heterocycles. The number of hydrogen-bond donors (Lipinski definition) is 0. The zero-order valence-corrected chi connectivity index (χ0v) is 27.9. The van der Waals surface area contributed by atoms with Crippen molar-refractivity contribution in [2.24, 2.45) is 0 Å². The molecule has 1 fully saturated rings. The lowest BCUT2D eigenvalue weighted by Crippen LogP contribution is -2.41. The summed E-state index contributed by atoms with van der Waals surface area (Å²) in [7, 11) is 7.93. The predicted octanol–water partition coefficient (Wildman–Crippen LogP) is 5.97. The van der Waals surface area contributed by atoms with E-state index < -0.39 is 24.6 Å². The van der Waals surface area contributed by atoms with E-state index in [4.69, 9.17) is 23.7 Å². The summed E-state index contributed by atoms with van der Waals surface area (Å²) in [4.78, 5) is 29.3. The summed E-state index contributed by atoms with van der Waals surface area (Å²) in [5.41, 5.74) is 0. The van der Waals surface area contributed by atoms with Gasteiger partial charge >= 0.3 is 11.9 Å². The number of carbonyl (C=O) groups excluding carboxylic acids is 2. The van der Waals surface area contributed by atoms with Crippen molar-refractivity contribution in [2.45, 2.75) is 141 Å².